The summed E-state index contributed by atoms with van der Waals surface area (Å²) in [6.45, 7) is 51.9. The molecule has 0 atom stereocenters. The monoisotopic (exact) mass is 741 g/mol. The van der Waals surface area contributed by atoms with Crippen molar-refractivity contribution >= 4 is 5.97 Å². The molecule has 1 aliphatic rings. The number of carbonyl (C=O) groups is 1. The van der Waals surface area contributed by atoms with Crippen molar-refractivity contribution in [3.8, 4) is 0 Å². The zero-order chi connectivity index (χ0) is 42.7. The van der Waals surface area contributed by atoms with Crippen molar-refractivity contribution in [2.45, 2.75) is 185 Å². The van der Waals surface area contributed by atoms with Crippen molar-refractivity contribution in [1.82, 2.24) is 0 Å². The molecule has 300 valence electrons. The van der Waals surface area contributed by atoms with Crippen LogP contribution in [-0.4, -0.2) is 17.7 Å². The van der Waals surface area contributed by atoms with E-state index in [0.717, 1.165) is 22.3 Å². The molecule has 0 radical (unpaired) electrons. The van der Waals surface area contributed by atoms with Gasteiger partial charge in [-0.25, -0.2) is 4.79 Å². The van der Waals surface area contributed by atoms with Gasteiger partial charge in [0.25, 0.3) is 0 Å². The number of alkyl halides is 3. The van der Waals surface area contributed by atoms with Crippen molar-refractivity contribution in [2.75, 3.05) is 0 Å². The highest BCUT2D eigenvalue weighted by atomic mass is 19.4. The number of hydrogen-bond donors (Lipinski definition) is 0. The molecule has 2 nitrogen and oxygen atoms in total. The van der Waals surface area contributed by atoms with Crippen molar-refractivity contribution in [2.24, 2.45) is 43.3 Å². The van der Waals surface area contributed by atoms with E-state index in [-0.39, 0.29) is 21.7 Å². The largest absolute Gasteiger partial charge is 0.490 e. The molecule has 0 unspecified atom stereocenters. The Labute approximate surface area is 323 Å². The molecule has 0 spiro atoms. The van der Waals surface area contributed by atoms with Gasteiger partial charge in [-0.2, -0.15) is 13.2 Å². The molecule has 1 saturated carbocycles. The number of esters is 1. The van der Waals surface area contributed by atoms with Crippen LogP contribution in [0.25, 0.3) is 0 Å². The summed E-state index contributed by atoms with van der Waals surface area (Å²) in [4.78, 5) is 13.3. The van der Waals surface area contributed by atoms with E-state index in [2.05, 4.69) is 189 Å². The summed E-state index contributed by atoms with van der Waals surface area (Å²) in [5.74, 6) is -2.27. The Morgan fingerprint density at radius 2 is 0.604 bits per heavy atom. The van der Waals surface area contributed by atoms with Gasteiger partial charge in [0.2, 0.25) is 0 Å². The Morgan fingerprint density at radius 1 is 0.415 bits per heavy atom. The Bertz CT molecular complexity index is 1540. The standard InChI is InChI=1S/C48H75F3O2/c1-39(2,3)34(40(4,5)6)26-30-31(27-35(41(7,8)9)42(10,11)12)33(29-37(45(19,20)21)46(22,23)24)47(25,53-38(52)48(49,50)51)32(30)28-36(43(13,14)15)44(16,17)18/h1-25H3. The van der Waals surface area contributed by atoms with Crippen molar-refractivity contribution < 1.29 is 22.7 Å². The Morgan fingerprint density at radius 3 is 0.774 bits per heavy atom. The molecule has 0 bridgehead atoms. The first-order valence-electron chi connectivity index (χ1n) is 19.2. The van der Waals surface area contributed by atoms with Crippen LogP contribution >= 0.6 is 0 Å². The van der Waals surface area contributed by atoms with Crippen LogP contribution in [0, 0.1) is 43.3 Å². The van der Waals surface area contributed by atoms with Gasteiger partial charge in [-0.05, 0) is 72.5 Å². The van der Waals surface area contributed by atoms with Gasteiger partial charge in [0.05, 0.1) is 11.1 Å². The van der Waals surface area contributed by atoms with Gasteiger partial charge in [0.1, 0.15) is 0 Å². The molecule has 0 heterocycles. The third-order valence-electron chi connectivity index (χ3n) is 9.23. The topological polar surface area (TPSA) is 26.3 Å². The zero-order valence-electron chi connectivity index (χ0n) is 38.5. The fourth-order valence-corrected chi connectivity index (χ4v) is 8.31. The summed E-state index contributed by atoms with van der Waals surface area (Å²) in [6, 6.07) is 0. The normalized spacial score (nSPS) is 18.3. The molecule has 0 aromatic rings. The highest BCUT2D eigenvalue weighted by Gasteiger charge is 2.54. The molecule has 53 heavy (non-hydrogen) atoms. The van der Waals surface area contributed by atoms with E-state index in [1.54, 1.807) is 6.92 Å². The lowest BCUT2D eigenvalue weighted by atomic mass is 9.71. The molecule has 0 saturated heterocycles. The number of ether oxygens (including phenoxy) is 1. The average Bonchev–Trinajstić information content (AvgIpc) is 3.01. The summed E-state index contributed by atoms with van der Waals surface area (Å²) >= 11 is 0. The van der Waals surface area contributed by atoms with Gasteiger partial charge in [-0.15, -0.1) is 22.9 Å². The van der Waals surface area contributed by atoms with Crippen LogP contribution in [0.2, 0.25) is 0 Å². The molecule has 1 fully saturated rings. The third kappa shape index (κ3) is 11.9. The SMILES string of the molecule is CC(C)(C)C(=C=C1C(=C=C(C(C)(C)C)C(C)(C)C)C(=C=C(C(C)(C)C)C(C)(C)C)C(C)(OC(=O)C(F)(F)F)C1=C=C(C(C)(C)C)C(C)(C)C)C(C)(C)C. The number of rotatable bonds is 1. The quantitative estimate of drug-likeness (QED) is 0.198. The number of halogens is 3. The highest BCUT2D eigenvalue weighted by molar-refractivity contribution is 5.80. The van der Waals surface area contributed by atoms with E-state index in [4.69, 9.17) is 4.74 Å². The zero-order valence-corrected chi connectivity index (χ0v) is 38.5. The lowest BCUT2D eigenvalue weighted by molar-refractivity contribution is -0.207. The predicted molar refractivity (Wildman–Crippen MR) is 218 cm³/mol. The fourth-order valence-electron chi connectivity index (χ4n) is 8.31. The maximum absolute atomic E-state index is 14.5. The van der Waals surface area contributed by atoms with Gasteiger partial charge >= 0.3 is 12.1 Å². The first kappa shape index (κ1) is 48.4. The van der Waals surface area contributed by atoms with Gasteiger partial charge in [0, 0.05) is 11.1 Å². The molecule has 0 N–H and O–H groups in total. The summed E-state index contributed by atoms with van der Waals surface area (Å²) in [6.07, 6.45) is -5.24. The molecular formula is C48H75F3O2. The molecule has 1 aliphatic carbocycles. The summed E-state index contributed by atoms with van der Waals surface area (Å²) in [5, 5.41) is 0. The van der Waals surface area contributed by atoms with E-state index in [0.29, 0.717) is 22.3 Å². The lowest BCUT2D eigenvalue weighted by Gasteiger charge is -2.34. The van der Waals surface area contributed by atoms with Gasteiger partial charge < -0.3 is 4.74 Å². The maximum atomic E-state index is 14.5. The van der Waals surface area contributed by atoms with Crippen LogP contribution < -0.4 is 0 Å². The summed E-state index contributed by atoms with van der Waals surface area (Å²) < 4.78 is 49.2. The van der Waals surface area contributed by atoms with E-state index < -0.39 is 39.4 Å². The lowest BCUT2D eigenvalue weighted by Crippen LogP contribution is -2.38. The van der Waals surface area contributed by atoms with E-state index >= 15 is 0 Å². The summed E-state index contributed by atoms with van der Waals surface area (Å²) in [5.41, 5.74) is 15.1. The van der Waals surface area contributed by atoms with Crippen molar-refractivity contribution in [3.05, 3.63) is 67.5 Å². The van der Waals surface area contributed by atoms with Crippen LogP contribution in [0.4, 0.5) is 13.2 Å². The van der Waals surface area contributed by atoms with E-state index in [9.17, 15) is 18.0 Å². The van der Waals surface area contributed by atoms with E-state index in [1.807, 2.05) is 0 Å². The molecular weight excluding hydrogens is 666 g/mol. The number of hydrogen-bond acceptors (Lipinski definition) is 2. The predicted octanol–water partition coefficient (Wildman–Crippen LogP) is 15.0. The van der Waals surface area contributed by atoms with Gasteiger partial charge in [0.15, 0.2) is 5.60 Å². The average molecular weight is 741 g/mol. The second-order valence-corrected chi connectivity index (χ2v) is 23.4. The van der Waals surface area contributed by atoms with Gasteiger partial charge in [-0.3, -0.25) is 0 Å². The Hall–Kier alpha value is -2.66. The highest BCUT2D eigenvalue weighted by Crippen LogP contribution is 2.54. The molecule has 0 aromatic heterocycles. The second kappa shape index (κ2) is 14.4. The molecule has 0 aromatic carbocycles. The first-order chi connectivity index (χ1) is 22.8. The minimum absolute atomic E-state index is 0.315. The Balaban J connectivity index is 5.79. The number of carbonyl (C=O) groups excluding carboxylic acids is 1. The minimum atomic E-state index is -5.24. The molecule has 0 amide bonds. The third-order valence-corrected chi connectivity index (χ3v) is 9.23. The molecule has 5 heteroatoms. The molecule has 0 aliphatic heterocycles. The van der Waals surface area contributed by atoms with Crippen molar-refractivity contribution in [1.29, 1.82) is 0 Å². The van der Waals surface area contributed by atoms with Gasteiger partial charge in [-0.1, -0.05) is 166 Å². The van der Waals surface area contributed by atoms with Crippen LogP contribution in [-0.2, 0) is 9.53 Å². The van der Waals surface area contributed by atoms with Crippen LogP contribution in [0.15, 0.2) is 67.5 Å². The van der Waals surface area contributed by atoms with Crippen LogP contribution in [0.5, 0.6) is 0 Å². The van der Waals surface area contributed by atoms with E-state index in [1.165, 1.54) is 0 Å². The van der Waals surface area contributed by atoms with Crippen LogP contribution in [0.1, 0.15) is 173 Å². The van der Waals surface area contributed by atoms with Crippen molar-refractivity contribution in [3.63, 3.8) is 0 Å². The smallest absolute Gasteiger partial charge is 0.441 e. The maximum Gasteiger partial charge on any atom is 0.490 e. The second-order valence-electron chi connectivity index (χ2n) is 23.4. The molecule has 1 rings (SSSR count). The first-order valence-corrected chi connectivity index (χ1v) is 19.2. The fraction of sp³-hybridized carbons (Fsp3) is 0.729. The minimum Gasteiger partial charge on any atom is -0.441 e. The van der Waals surface area contributed by atoms with Crippen LogP contribution in [0.3, 0.4) is 0 Å². The summed E-state index contributed by atoms with van der Waals surface area (Å²) in [7, 11) is 0. The Kier molecular flexibility index (Phi) is 13.2.